The molecule has 2 aliphatic rings. The minimum absolute atomic E-state index is 0.0915. The van der Waals surface area contributed by atoms with Gasteiger partial charge in [-0.1, -0.05) is 60.7 Å². The number of carbonyl (C=O) groups excluding carboxylic acids is 2. The van der Waals surface area contributed by atoms with Crippen LogP contribution in [0.5, 0.6) is 0 Å². The third-order valence-corrected chi connectivity index (χ3v) is 5.79. The maximum atomic E-state index is 13.4. The second-order valence-corrected chi connectivity index (χ2v) is 8.29. The molecular weight excluding hydrogens is 374 g/mol. The molecule has 1 N–H and O–H groups in total. The van der Waals surface area contributed by atoms with E-state index in [4.69, 9.17) is 4.74 Å². The van der Waals surface area contributed by atoms with E-state index in [2.05, 4.69) is 17.4 Å². The van der Waals surface area contributed by atoms with Crippen molar-refractivity contribution >= 4 is 11.8 Å². The van der Waals surface area contributed by atoms with Crippen molar-refractivity contribution in [2.24, 2.45) is 0 Å². The molecule has 0 fully saturated rings. The van der Waals surface area contributed by atoms with Crippen molar-refractivity contribution in [3.05, 3.63) is 94.3 Å². The largest absolute Gasteiger partial charge is 0.460 e. The second-order valence-electron chi connectivity index (χ2n) is 8.29. The number of rotatable bonds is 4. The van der Waals surface area contributed by atoms with Crippen molar-refractivity contribution in [3.8, 4) is 0 Å². The van der Waals surface area contributed by atoms with Gasteiger partial charge in [0, 0.05) is 29.3 Å². The number of hydrogen-bond acceptors (Lipinski definition) is 4. The number of benzene rings is 2. The Kier molecular flexibility index (Phi) is 5.58. The number of nitrogens with one attached hydrogen (secondary N) is 1. The zero-order chi connectivity index (χ0) is 21.3. The van der Waals surface area contributed by atoms with Crippen LogP contribution in [-0.4, -0.2) is 17.9 Å². The van der Waals surface area contributed by atoms with Crippen LogP contribution in [0, 0.1) is 0 Å². The van der Waals surface area contributed by atoms with Gasteiger partial charge in [-0.2, -0.15) is 0 Å². The maximum absolute atomic E-state index is 13.4. The van der Waals surface area contributed by atoms with Crippen molar-refractivity contribution in [2.45, 2.75) is 51.6 Å². The molecule has 2 aromatic carbocycles. The van der Waals surface area contributed by atoms with E-state index in [0.717, 1.165) is 23.4 Å². The maximum Gasteiger partial charge on any atom is 0.337 e. The molecule has 0 unspecified atom stereocenters. The molecule has 4 rings (SSSR count). The molecule has 4 nitrogen and oxygen atoms in total. The predicted octanol–water partition coefficient (Wildman–Crippen LogP) is 5.00. The minimum Gasteiger partial charge on any atom is -0.460 e. The van der Waals surface area contributed by atoms with E-state index in [1.54, 1.807) is 0 Å². The number of dihydropyridines is 1. The van der Waals surface area contributed by atoms with Crippen molar-refractivity contribution in [1.82, 2.24) is 5.32 Å². The van der Waals surface area contributed by atoms with Crippen LogP contribution in [-0.2, 0) is 14.3 Å². The summed E-state index contributed by atoms with van der Waals surface area (Å²) in [7, 11) is 0. The first-order valence-corrected chi connectivity index (χ1v) is 10.5. The number of ketones is 1. The van der Waals surface area contributed by atoms with Gasteiger partial charge in [-0.05, 0) is 44.2 Å². The molecule has 0 bridgehead atoms. The van der Waals surface area contributed by atoms with E-state index < -0.39 is 5.92 Å². The summed E-state index contributed by atoms with van der Waals surface area (Å²) >= 11 is 0. The van der Waals surface area contributed by atoms with Gasteiger partial charge in [0.2, 0.25) is 0 Å². The molecule has 0 saturated heterocycles. The summed E-state index contributed by atoms with van der Waals surface area (Å²) in [6.45, 7) is 5.57. The summed E-state index contributed by atoms with van der Waals surface area (Å²) < 4.78 is 5.55. The summed E-state index contributed by atoms with van der Waals surface area (Å²) in [4.78, 5) is 26.4. The van der Waals surface area contributed by atoms with Crippen LogP contribution in [0.2, 0.25) is 0 Å². The highest BCUT2D eigenvalue weighted by Crippen LogP contribution is 2.45. The first kappa shape index (κ1) is 20.1. The fourth-order valence-electron chi connectivity index (χ4n) is 4.53. The minimum atomic E-state index is -0.405. The molecule has 0 radical (unpaired) electrons. The number of carbonyl (C=O) groups is 2. The molecule has 154 valence electrons. The van der Waals surface area contributed by atoms with Crippen molar-refractivity contribution < 1.29 is 14.3 Å². The van der Waals surface area contributed by atoms with Crippen LogP contribution in [0.25, 0.3) is 0 Å². The number of allylic oxidation sites excluding steroid dienone is 3. The van der Waals surface area contributed by atoms with E-state index in [1.165, 1.54) is 5.56 Å². The lowest BCUT2D eigenvalue weighted by Gasteiger charge is -2.37. The molecular formula is C26H27NO3. The average Bonchev–Trinajstić information content (AvgIpc) is 2.73. The Morgan fingerprint density at radius 3 is 2.17 bits per heavy atom. The quantitative estimate of drug-likeness (QED) is 0.733. The van der Waals surface area contributed by atoms with Gasteiger partial charge in [-0.15, -0.1) is 0 Å². The number of ether oxygens (including phenoxy) is 1. The summed E-state index contributed by atoms with van der Waals surface area (Å²) in [5.74, 6) is -0.543. The lowest BCUT2D eigenvalue weighted by molar-refractivity contribution is -0.143. The van der Waals surface area contributed by atoms with E-state index in [1.807, 2.05) is 69.3 Å². The predicted molar refractivity (Wildman–Crippen MR) is 117 cm³/mol. The zero-order valence-corrected chi connectivity index (χ0v) is 17.6. The molecule has 2 atom stereocenters. The van der Waals surface area contributed by atoms with Gasteiger partial charge < -0.3 is 10.1 Å². The Morgan fingerprint density at radius 2 is 1.57 bits per heavy atom. The van der Waals surface area contributed by atoms with E-state index in [-0.39, 0.29) is 23.8 Å². The van der Waals surface area contributed by atoms with Crippen LogP contribution < -0.4 is 5.32 Å². The molecule has 1 heterocycles. The van der Waals surface area contributed by atoms with Crippen molar-refractivity contribution in [3.63, 3.8) is 0 Å². The fraction of sp³-hybridized carbons (Fsp3) is 0.308. The second kappa shape index (κ2) is 8.31. The van der Waals surface area contributed by atoms with Gasteiger partial charge in [-0.25, -0.2) is 4.79 Å². The monoisotopic (exact) mass is 401 g/mol. The Morgan fingerprint density at radius 1 is 0.967 bits per heavy atom. The third kappa shape index (κ3) is 3.82. The third-order valence-electron chi connectivity index (χ3n) is 5.79. The van der Waals surface area contributed by atoms with Crippen LogP contribution >= 0.6 is 0 Å². The van der Waals surface area contributed by atoms with Gasteiger partial charge in [-0.3, -0.25) is 4.79 Å². The first-order chi connectivity index (χ1) is 14.5. The van der Waals surface area contributed by atoms with Crippen LogP contribution in [0.1, 0.15) is 56.6 Å². The Hall–Kier alpha value is -3.14. The summed E-state index contributed by atoms with van der Waals surface area (Å²) in [5, 5.41) is 3.39. The highest BCUT2D eigenvalue weighted by Gasteiger charge is 2.41. The molecule has 30 heavy (non-hydrogen) atoms. The lowest BCUT2D eigenvalue weighted by Crippen LogP contribution is -2.36. The number of Topliss-reactive ketones (excluding diaryl/α,β-unsaturated/α-hetero) is 1. The van der Waals surface area contributed by atoms with Gasteiger partial charge in [0.05, 0.1) is 11.7 Å². The molecule has 0 amide bonds. The summed E-state index contributed by atoms with van der Waals surface area (Å²) in [6, 6.07) is 20.0. The summed E-state index contributed by atoms with van der Waals surface area (Å²) in [5.41, 5.74) is 5.02. The molecule has 0 spiro atoms. The topological polar surface area (TPSA) is 55.4 Å². The molecule has 2 aromatic rings. The molecule has 1 aliphatic heterocycles. The SMILES string of the molecule is CC1=C(C(=O)OC(C)C)[C@H](c2ccccc2)C2=C(C[C@@H](c3ccccc3)CC2=O)N1. The van der Waals surface area contributed by atoms with Crippen molar-refractivity contribution in [1.29, 1.82) is 0 Å². The van der Waals surface area contributed by atoms with Crippen molar-refractivity contribution in [2.75, 3.05) is 0 Å². The molecule has 4 heteroatoms. The van der Waals surface area contributed by atoms with Crippen LogP contribution in [0.3, 0.4) is 0 Å². The van der Waals surface area contributed by atoms with Gasteiger partial charge in [0.1, 0.15) is 0 Å². The lowest BCUT2D eigenvalue weighted by atomic mass is 9.72. The Labute approximate surface area is 177 Å². The number of hydrogen-bond donors (Lipinski definition) is 1. The van der Waals surface area contributed by atoms with E-state index in [9.17, 15) is 9.59 Å². The van der Waals surface area contributed by atoms with Gasteiger partial charge in [0.25, 0.3) is 0 Å². The van der Waals surface area contributed by atoms with E-state index in [0.29, 0.717) is 17.6 Å². The van der Waals surface area contributed by atoms with Gasteiger partial charge >= 0.3 is 5.97 Å². The summed E-state index contributed by atoms with van der Waals surface area (Å²) in [6.07, 6.45) is 0.964. The standard InChI is InChI=1S/C26H27NO3/c1-16(2)30-26(29)23-17(3)27-21-14-20(18-10-6-4-7-11-18)15-22(28)25(21)24(23)19-12-8-5-9-13-19/h4-13,16,20,24,27H,14-15H2,1-3H3/t20-,24+/m1/s1. The van der Waals surface area contributed by atoms with Crippen LogP contribution in [0.4, 0.5) is 0 Å². The highest BCUT2D eigenvalue weighted by atomic mass is 16.5. The molecule has 0 saturated carbocycles. The fourth-order valence-corrected chi connectivity index (χ4v) is 4.53. The highest BCUT2D eigenvalue weighted by molar-refractivity contribution is 6.04. The van der Waals surface area contributed by atoms with E-state index >= 15 is 0 Å². The Balaban J connectivity index is 1.78. The average molecular weight is 402 g/mol. The van der Waals surface area contributed by atoms with Gasteiger partial charge in [0.15, 0.2) is 5.78 Å². The Bertz CT molecular complexity index is 1020. The van der Waals surface area contributed by atoms with Crippen LogP contribution in [0.15, 0.2) is 83.2 Å². The molecule has 1 aliphatic carbocycles. The molecule has 0 aromatic heterocycles. The smallest absolute Gasteiger partial charge is 0.337 e. The number of esters is 1. The first-order valence-electron chi connectivity index (χ1n) is 10.5. The zero-order valence-electron chi connectivity index (χ0n) is 17.6. The normalized spacial score (nSPS) is 21.4.